The summed E-state index contributed by atoms with van der Waals surface area (Å²) in [6.07, 6.45) is 4.62. The molecule has 0 saturated carbocycles. The maximum absolute atomic E-state index is 2.49. The van der Waals surface area contributed by atoms with Gasteiger partial charge in [0, 0.05) is 12.6 Å². The molecule has 0 aromatic carbocycles. The maximum Gasteiger partial charge on any atom is 0.0250 e. The summed E-state index contributed by atoms with van der Waals surface area (Å²) in [6.45, 7) is 9.16. The molecule has 1 rings (SSSR count). The lowest BCUT2D eigenvalue weighted by molar-refractivity contribution is 0.221. The van der Waals surface area contributed by atoms with Crippen LogP contribution in [0.2, 0.25) is 0 Å². The second-order valence-electron chi connectivity index (χ2n) is 3.19. The van der Waals surface area contributed by atoms with Gasteiger partial charge >= 0.3 is 0 Å². The molecule has 0 aliphatic carbocycles. The van der Waals surface area contributed by atoms with E-state index in [-0.39, 0.29) is 0 Å². The van der Waals surface area contributed by atoms with Crippen molar-refractivity contribution in [3.05, 3.63) is 12.2 Å². The Hall–Kier alpha value is -0.300. The van der Waals surface area contributed by atoms with Crippen molar-refractivity contribution in [3.8, 4) is 0 Å². The molecule has 10 heavy (non-hydrogen) atoms. The lowest BCUT2D eigenvalue weighted by Gasteiger charge is -2.31. The van der Waals surface area contributed by atoms with E-state index in [9.17, 15) is 0 Å². The Morgan fingerprint density at radius 3 is 2.60 bits per heavy atom. The average Bonchev–Trinajstić information content (AvgIpc) is 1.94. The van der Waals surface area contributed by atoms with Crippen LogP contribution in [0.15, 0.2) is 12.2 Å². The Bertz CT molecular complexity index is 129. The standard InChI is InChI=1S/C9H17N/c1-4-10-7-8(2)5-6-9(10)3/h5-6,8-9H,4,7H2,1-3H3/t8-,9+/m1/s1. The van der Waals surface area contributed by atoms with Gasteiger partial charge in [0.1, 0.15) is 0 Å². The molecular formula is C9H17N. The molecule has 0 aromatic rings. The second kappa shape index (κ2) is 3.20. The van der Waals surface area contributed by atoms with Gasteiger partial charge in [0.2, 0.25) is 0 Å². The largest absolute Gasteiger partial charge is 0.297 e. The van der Waals surface area contributed by atoms with Gasteiger partial charge in [0.05, 0.1) is 0 Å². The third-order valence-corrected chi connectivity index (χ3v) is 2.22. The third-order valence-electron chi connectivity index (χ3n) is 2.22. The molecule has 0 aromatic heterocycles. The molecule has 0 radical (unpaired) electrons. The topological polar surface area (TPSA) is 3.24 Å². The molecule has 2 atom stereocenters. The van der Waals surface area contributed by atoms with Crippen LogP contribution in [0.4, 0.5) is 0 Å². The fourth-order valence-electron chi connectivity index (χ4n) is 1.49. The Kier molecular flexibility index (Phi) is 2.50. The van der Waals surface area contributed by atoms with Crippen molar-refractivity contribution in [1.82, 2.24) is 4.90 Å². The highest BCUT2D eigenvalue weighted by atomic mass is 15.1. The van der Waals surface area contributed by atoms with E-state index < -0.39 is 0 Å². The molecule has 0 unspecified atom stereocenters. The minimum atomic E-state index is 0.654. The smallest absolute Gasteiger partial charge is 0.0250 e. The summed E-state index contributed by atoms with van der Waals surface area (Å²) in [5, 5.41) is 0. The Morgan fingerprint density at radius 1 is 1.40 bits per heavy atom. The summed E-state index contributed by atoms with van der Waals surface area (Å²) in [4.78, 5) is 2.49. The molecule has 58 valence electrons. The zero-order valence-corrected chi connectivity index (χ0v) is 7.17. The highest BCUT2D eigenvalue weighted by molar-refractivity contribution is 5.00. The summed E-state index contributed by atoms with van der Waals surface area (Å²) in [6, 6.07) is 0.654. The predicted octanol–water partition coefficient (Wildman–Crippen LogP) is 1.90. The quantitative estimate of drug-likeness (QED) is 0.501. The van der Waals surface area contributed by atoms with E-state index in [2.05, 4.69) is 37.8 Å². The highest BCUT2D eigenvalue weighted by Gasteiger charge is 2.15. The van der Waals surface area contributed by atoms with Crippen molar-refractivity contribution in [2.24, 2.45) is 5.92 Å². The van der Waals surface area contributed by atoms with Crippen LogP contribution in [0, 0.1) is 5.92 Å². The van der Waals surface area contributed by atoms with Gasteiger partial charge in [-0.15, -0.1) is 0 Å². The van der Waals surface area contributed by atoms with E-state index in [0.29, 0.717) is 6.04 Å². The van der Waals surface area contributed by atoms with Crippen molar-refractivity contribution in [3.63, 3.8) is 0 Å². The Balaban J connectivity index is 2.53. The van der Waals surface area contributed by atoms with Crippen molar-refractivity contribution in [2.75, 3.05) is 13.1 Å². The van der Waals surface area contributed by atoms with E-state index in [4.69, 9.17) is 0 Å². The lowest BCUT2D eigenvalue weighted by atomic mass is 10.0. The van der Waals surface area contributed by atoms with E-state index in [0.717, 1.165) is 5.92 Å². The van der Waals surface area contributed by atoms with Gasteiger partial charge < -0.3 is 0 Å². The van der Waals surface area contributed by atoms with Gasteiger partial charge in [-0.3, -0.25) is 4.90 Å². The summed E-state index contributed by atoms with van der Waals surface area (Å²) in [5.41, 5.74) is 0. The molecule has 0 fully saturated rings. The number of rotatable bonds is 1. The summed E-state index contributed by atoms with van der Waals surface area (Å²) in [7, 11) is 0. The number of nitrogens with zero attached hydrogens (tertiary/aromatic N) is 1. The summed E-state index contributed by atoms with van der Waals surface area (Å²) >= 11 is 0. The number of hydrogen-bond acceptors (Lipinski definition) is 1. The minimum Gasteiger partial charge on any atom is -0.297 e. The van der Waals surface area contributed by atoms with Gasteiger partial charge in [-0.25, -0.2) is 0 Å². The van der Waals surface area contributed by atoms with Crippen LogP contribution >= 0.6 is 0 Å². The average molecular weight is 139 g/mol. The zero-order chi connectivity index (χ0) is 7.56. The van der Waals surface area contributed by atoms with Crippen LogP contribution in [-0.4, -0.2) is 24.0 Å². The number of hydrogen-bond donors (Lipinski definition) is 0. The molecule has 1 aliphatic heterocycles. The first-order valence-corrected chi connectivity index (χ1v) is 4.16. The van der Waals surface area contributed by atoms with Gasteiger partial charge in [0.15, 0.2) is 0 Å². The van der Waals surface area contributed by atoms with Gasteiger partial charge in [0.25, 0.3) is 0 Å². The predicted molar refractivity (Wildman–Crippen MR) is 45.0 cm³/mol. The molecular weight excluding hydrogens is 122 g/mol. The maximum atomic E-state index is 2.49. The first-order chi connectivity index (χ1) is 4.74. The van der Waals surface area contributed by atoms with Crippen LogP contribution in [0.3, 0.4) is 0 Å². The van der Waals surface area contributed by atoms with E-state index in [1.54, 1.807) is 0 Å². The Morgan fingerprint density at radius 2 is 2.10 bits per heavy atom. The van der Waals surface area contributed by atoms with Crippen LogP contribution in [0.25, 0.3) is 0 Å². The summed E-state index contributed by atoms with van der Waals surface area (Å²) in [5.74, 6) is 0.746. The first-order valence-electron chi connectivity index (χ1n) is 4.16. The van der Waals surface area contributed by atoms with E-state index in [1.165, 1.54) is 13.1 Å². The van der Waals surface area contributed by atoms with Crippen molar-refractivity contribution < 1.29 is 0 Å². The number of likely N-dealkylation sites (N-methyl/N-ethyl adjacent to an activating group) is 1. The van der Waals surface area contributed by atoms with Crippen molar-refractivity contribution in [1.29, 1.82) is 0 Å². The van der Waals surface area contributed by atoms with E-state index >= 15 is 0 Å². The van der Waals surface area contributed by atoms with Crippen molar-refractivity contribution in [2.45, 2.75) is 26.8 Å². The SMILES string of the molecule is CCN1C[C@H](C)C=C[C@@H]1C. The highest BCUT2D eigenvalue weighted by Crippen LogP contribution is 2.12. The molecule has 0 amide bonds. The van der Waals surface area contributed by atoms with Crippen molar-refractivity contribution >= 4 is 0 Å². The first kappa shape index (κ1) is 7.80. The summed E-state index contributed by atoms with van der Waals surface area (Å²) < 4.78 is 0. The lowest BCUT2D eigenvalue weighted by Crippen LogP contribution is -2.37. The fraction of sp³-hybridized carbons (Fsp3) is 0.778. The molecule has 1 aliphatic rings. The molecule has 0 saturated heterocycles. The molecule has 0 bridgehead atoms. The van der Waals surface area contributed by atoms with Gasteiger partial charge in [-0.1, -0.05) is 26.0 Å². The molecule has 1 nitrogen and oxygen atoms in total. The minimum absolute atomic E-state index is 0.654. The van der Waals surface area contributed by atoms with Gasteiger partial charge in [-0.05, 0) is 19.4 Å². The second-order valence-corrected chi connectivity index (χ2v) is 3.19. The van der Waals surface area contributed by atoms with Crippen LogP contribution in [0.1, 0.15) is 20.8 Å². The van der Waals surface area contributed by atoms with Gasteiger partial charge in [-0.2, -0.15) is 0 Å². The zero-order valence-electron chi connectivity index (χ0n) is 7.17. The van der Waals surface area contributed by atoms with E-state index in [1.807, 2.05) is 0 Å². The molecule has 0 N–H and O–H groups in total. The molecule has 0 spiro atoms. The van der Waals surface area contributed by atoms with Crippen LogP contribution < -0.4 is 0 Å². The normalized spacial score (nSPS) is 34.7. The fourth-order valence-corrected chi connectivity index (χ4v) is 1.49. The third kappa shape index (κ3) is 1.60. The molecule has 1 heterocycles. The monoisotopic (exact) mass is 139 g/mol. The van der Waals surface area contributed by atoms with Crippen LogP contribution in [-0.2, 0) is 0 Å². The Labute approximate surface area is 63.7 Å². The van der Waals surface area contributed by atoms with Crippen LogP contribution in [0.5, 0.6) is 0 Å². The molecule has 1 heteroatoms.